The topological polar surface area (TPSA) is 37.8 Å². The van der Waals surface area contributed by atoms with Gasteiger partial charge in [0.1, 0.15) is 5.82 Å². The van der Waals surface area contributed by atoms with Gasteiger partial charge in [0.25, 0.3) is 0 Å². The molecule has 12 heavy (non-hydrogen) atoms. The molecule has 3 nitrogen and oxygen atoms in total. The molecule has 2 rings (SSSR count). The fourth-order valence-electron chi connectivity index (χ4n) is 1.12. The van der Waals surface area contributed by atoms with Crippen molar-refractivity contribution >= 4 is 16.6 Å². The number of rotatable bonds is 1. The summed E-state index contributed by atoms with van der Waals surface area (Å²) in [5, 5.41) is 5.21. The van der Waals surface area contributed by atoms with Gasteiger partial charge in [0, 0.05) is 31.0 Å². The van der Waals surface area contributed by atoms with E-state index in [1.165, 1.54) is 0 Å². The highest BCUT2D eigenvalue weighted by atomic mass is 14.9. The molecule has 0 amide bonds. The van der Waals surface area contributed by atoms with Crippen LogP contribution in [0.25, 0.3) is 10.8 Å². The molecule has 2 aromatic heterocycles. The quantitative estimate of drug-likeness (QED) is 0.687. The molecule has 2 aromatic rings. The summed E-state index contributed by atoms with van der Waals surface area (Å²) in [6, 6.07) is 3.97. The second-order valence-corrected chi connectivity index (χ2v) is 2.54. The Morgan fingerprint density at radius 2 is 2.17 bits per heavy atom. The van der Waals surface area contributed by atoms with E-state index in [-0.39, 0.29) is 0 Å². The van der Waals surface area contributed by atoms with Crippen LogP contribution in [-0.4, -0.2) is 17.0 Å². The lowest BCUT2D eigenvalue weighted by Crippen LogP contribution is -1.90. The molecule has 0 fully saturated rings. The fraction of sp³-hybridized carbons (Fsp3) is 0.111. The zero-order valence-electron chi connectivity index (χ0n) is 6.78. The monoisotopic (exact) mass is 159 g/mol. The van der Waals surface area contributed by atoms with Crippen molar-refractivity contribution in [1.29, 1.82) is 0 Å². The molecule has 0 aromatic carbocycles. The Hall–Kier alpha value is -1.64. The van der Waals surface area contributed by atoms with Crippen LogP contribution >= 0.6 is 0 Å². The van der Waals surface area contributed by atoms with Crippen molar-refractivity contribution in [2.75, 3.05) is 12.4 Å². The number of nitrogens with zero attached hydrogens (tertiary/aromatic N) is 2. The third-order valence-electron chi connectivity index (χ3n) is 1.78. The van der Waals surface area contributed by atoms with E-state index in [2.05, 4.69) is 15.3 Å². The molecule has 0 radical (unpaired) electrons. The van der Waals surface area contributed by atoms with Crippen LogP contribution in [0.1, 0.15) is 0 Å². The number of fused-ring (bicyclic) bond motifs is 1. The summed E-state index contributed by atoms with van der Waals surface area (Å²) in [7, 11) is 1.86. The van der Waals surface area contributed by atoms with Gasteiger partial charge in [0.2, 0.25) is 0 Å². The molecule has 60 valence electrons. The first-order valence-electron chi connectivity index (χ1n) is 3.77. The zero-order valence-corrected chi connectivity index (χ0v) is 6.78. The van der Waals surface area contributed by atoms with Crippen molar-refractivity contribution in [2.24, 2.45) is 0 Å². The van der Waals surface area contributed by atoms with Gasteiger partial charge in [-0.25, -0.2) is 4.98 Å². The largest absolute Gasteiger partial charge is 0.373 e. The second kappa shape index (κ2) is 2.77. The summed E-state index contributed by atoms with van der Waals surface area (Å²) in [5.74, 6) is 0.883. The highest BCUT2D eigenvalue weighted by Gasteiger charge is 1.93. The molecule has 0 aliphatic rings. The van der Waals surface area contributed by atoms with Crippen LogP contribution in [0.5, 0.6) is 0 Å². The number of hydrogen-bond donors (Lipinski definition) is 1. The molecule has 0 spiro atoms. The SMILES string of the molecule is CNc1cc2ccncc2cn1. The van der Waals surface area contributed by atoms with Gasteiger partial charge in [0.15, 0.2) is 0 Å². The summed E-state index contributed by atoms with van der Waals surface area (Å²) in [6.45, 7) is 0. The number of anilines is 1. The molecule has 0 saturated carbocycles. The molecular formula is C9H9N3. The summed E-state index contributed by atoms with van der Waals surface area (Å²) in [4.78, 5) is 8.18. The standard InChI is InChI=1S/C9H9N3/c1-10-9-4-7-2-3-11-5-8(7)6-12-9/h2-6H,1H3,(H,10,12). The first-order chi connectivity index (χ1) is 5.90. The highest BCUT2D eigenvalue weighted by molar-refractivity contribution is 5.82. The van der Waals surface area contributed by atoms with Crippen LogP contribution in [0.15, 0.2) is 30.7 Å². The summed E-state index contributed by atoms with van der Waals surface area (Å²) < 4.78 is 0. The maximum absolute atomic E-state index is 4.17. The second-order valence-electron chi connectivity index (χ2n) is 2.54. The minimum Gasteiger partial charge on any atom is -0.373 e. The first-order valence-corrected chi connectivity index (χ1v) is 3.77. The normalized spacial score (nSPS) is 10.1. The van der Waals surface area contributed by atoms with Crippen LogP contribution in [0, 0.1) is 0 Å². The number of nitrogens with one attached hydrogen (secondary N) is 1. The molecule has 2 heterocycles. The van der Waals surface area contributed by atoms with E-state index in [1.807, 2.05) is 31.6 Å². The van der Waals surface area contributed by atoms with Crippen molar-refractivity contribution in [3.8, 4) is 0 Å². The third kappa shape index (κ3) is 1.09. The van der Waals surface area contributed by atoms with Crippen LogP contribution in [-0.2, 0) is 0 Å². The lowest BCUT2D eigenvalue weighted by Gasteiger charge is -1.99. The van der Waals surface area contributed by atoms with Crippen molar-refractivity contribution < 1.29 is 0 Å². The number of aromatic nitrogens is 2. The predicted molar refractivity (Wildman–Crippen MR) is 49.1 cm³/mol. The van der Waals surface area contributed by atoms with Gasteiger partial charge in [0.05, 0.1) is 0 Å². The van der Waals surface area contributed by atoms with E-state index in [0.29, 0.717) is 0 Å². The Morgan fingerprint density at radius 1 is 1.25 bits per heavy atom. The molecule has 0 atom stereocenters. The first kappa shape index (κ1) is 7.03. The lowest BCUT2D eigenvalue weighted by molar-refractivity contribution is 1.29. The maximum atomic E-state index is 4.17. The molecule has 0 bridgehead atoms. The Labute approximate surface area is 70.5 Å². The summed E-state index contributed by atoms with van der Waals surface area (Å²) >= 11 is 0. The molecule has 0 unspecified atom stereocenters. The third-order valence-corrected chi connectivity index (χ3v) is 1.78. The minimum absolute atomic E-state index is 0.883. The van der Waals surface area contributed by atoms with E-state index >= 15 is 0 Å². The van der Waals surface area contributed by atoms with Gasteiger partial charge < -0.3 is 5.32 Å². The van der Waals surface area contributed by atoms with Crippen LogP contribution < -0.4 is 5.32 Å². The van der Waals surface area contributed by atoms with Gasteiger partial charge in [-0.3, -0.25) is 4.98 Å². The minimum atomic E-state index is 0.883. The smallest absolute Gasteiger partial charge is 0.126 e. The van der Waals surface area contributed by atoms with Gasteiger partial charge in [-0.15, -0.1) is 0 Å². The van der Waals surface area contributed by atoms with Crippen molar-refractivity contribution in [2.45, 2.75) is 0 Å². The van der Waals surface area contributed by atoms with Crippen LogP contribution in [0.2, 0.25) is 0 Å². The van der Waals surface area contributed by atoms with E-state index in [4.69, 9.17) is 0 Å². The van der Waals surface area contributed by atoms with Crippen molar-refractivity contribution in [3.05, 3.63) is 30.7 Å². The zero-order chi connectivity index (χ0) is 8.39. The number of pyridine rings is 2. The van der Waals surface area contributed by atoms with Gasteiger partial charge in [-0.1, -0.05) is 0 Å². The fourth-order valence-corrected chi connectivity index (χ4v) is 1.12. The summed E-state index contributed by atoms with van der Waals surface area (Å²) in [6.07, 6.45) is 5.40. The predicted octanol–water partition coefficient (Wildman–Crippen LogP) is 1.67. The summed E-state index contributed by atoms with van der Waals surface area (Å²) in [5.41, 5.74) is 0. The maximum Gasteiger partial charge on any atom is 0.126 e. The van der Waals surface area contributed by atoms with E-state index in [9.17, 15) is 0 Å². The average molecular weight is 159 g/mol. The average Bonchev–Trinajstić information content (AvgIpc) is 2.17. The van der Waals surface area contributed by atoms with Gasteiger partial charge in [-0.05, 0) is 17.5 Å². The van der Waals surface area contributed by atoms with Gasteiger partial charge >= 0.3 is 0 Å². The van der Waals surface area contributed by atoms with E-state index in [0.717, 1.165) is 16.6 Å². The van der Waals surface area contributed by atoms with Gasteiger partial charge in [-0.2, -0.15) is 0 Å². The Bertz CT molecular complexity index is 398. The Morgan fingerprint density at radius 3 is 3.00 bits per heavy atom. The molecule has 0 saturated heterocycles. The van der Waals surface area contributed by atoms with Crippen molar-refractivity contribution in [3.63, 3.8) is 0 Å². The van der Waals surface area contributed by atoms with Crippen LogP contribution in [0.4, 0.5) is 5.82 Å². The van der Waals surface area contributed by atoms with Crippen LogP contribution in [0.3, 0.4) is 0 Å². The Balaban J connectivity index is 2.67. The molecule has 1 N–H and O–H groups in total. The van der Waals surface area contributed by atoms with E-state index < -0.39 is 0 Å². The molecule has 3 heteroatoms. The van der Waals surface area contributed by atoms with E-state index in [1.54, 1.807) is 6.20 Å². The van der Waals surface area contributed by atoms with Crippen molar-refractivity contribution in [1.82, 2.24) is 9.97 Å². The molecular weight excluding hydrogens is 150 g/mol. The highest BCUT2D eigenvalue weighted by Crippen LogP contribution is 2.13. The Kier molecular flexibility index (Phi) is 1.63. The molecule has 0 aliphatic carbocycles. The lowest BCUT2D eigenvalue weighted by atomic mass is 10.2. The number of hydrogen-bond acceptors (Lipinski definition) is 3. The molecule has 0 aliphatic heterocycles.